The molecule has 0 unspecified atom stereocenters. The van der Waals surface area contributed by atoms with Crippen LogP contribution in [0.3, 0.4) is 0 Å². The van der Waals surface area contributed by atoms with Crippen LogP contribution in [0, 0.1) is 6.92 Å². The molecule has 33 heavy (non-hydrogen) atoms. The van der Waals surface area contributed by atoms with Gasteiger partial charge in [0, 0.05) is 53.8 Å². The Morgan fingerprint density at radius 2 is 1.88 bits per heavy atom. The van der Waals surface area contributed by atoms with Crippen LogP contribution in [0.1, 0.15) is 48.0 Å². The number of aromatic nitrogens is 1. The van der Waals surface area contributed by atoms with Crippen molar-refractivity contribution in [2.24, 2.45) is 4.99 Å². The molecule has 0 aliphatic heterocycles. The van der Waals surface area contributed by atoms with Crippen LogP contribution in [0.15, 0.2) is 71.9 Å². The van der Waals surface area contributed by atoms with E-state index >= 15 is 0 Å². The number of hydrogen-bond acceptors (Lipinski definition) is 4. The van der Waals surface area contributed by atoms with Crippen LogP contribution in [0.5, 0.6) is 11.5 Å². The summed E-state index contributed by atoms with van der Waals surface area (Å²) in [6, 6.07) is 16.5. The van der Waals surface area contributed by atoms with Crippen LogP contribution in [-0.4, -0.2) is 24.2 Å². The summed E-state index contributed by atoms with van der Waals surface area (Å²) in [5.41, 5.74) is 3.96. The maximum absolute atomic E-state index is 12.7. The number of amides is 1. The second kappa shape index (κ2) is 13.2. The van der Waals surface area contributed by atoms with E-state index in [2.05, 4.69) is 15.3 Å². The Hall–Kier alpha value is -3.44. The summed E-state index contributed by atoms with van der Waals surface area (Å²) >= 11 is 5.91. The van der Waals surface area contributed by atoms with Crippen LogP contribution >= 0.6 is 11.6 Å². The summed E-state index contributed by atoms with van der Waals surface area (Å²) in [6.07, 6.45) is 5.38. The lowest BCUT2D eigenvalue weighted by atomic mass is 10.1. The van der Waals surface area contributed by atoms with E-state index < -0.39 is 0 Å². The number of hydrogen-bond donors (Lipinski definition) is 1. The second-order valence-corrected chi connectivity index (χ2v) is 7.28. The molecule has 0 fully saturated rings. The smallest absolute Gasteiger partial charge is 0.251 e. The van der Waals surface area contributed by atoms with Gasteiger partial charge in [-0.15, -0.1) is 0 Å². The lowest BCUT2D eigenvalue weighted by molar-refractivity contribution is 0.0950. The standard InChI is InChI=1S/C25H24ClN3O2.C2H6/c1-4-19(16-27-3)23-14-21(12-13-28-23)31-24-7-5-6-22(17(24)2)25(30)29-15-18-8-10-20(26)11-9-18;1-2/h4-14,16H,15H2,1-3H3,(H,29,30);1-2H3/b19-4+,27-16?;. The number of pyridine rings is 1. The van der Waals surface area contributed by atoms with Gasteiger partial charge in [0.1, 0.15) is 11.5 Å². The molecule has 2 aromatic carbocycles. The number of nitrogens with one attached hydrogen (secondary N) is 1. The highest BCUT2D eigenvalue weighted by molar-refractivity contribution is 6.30. The van der Waals surface area contributed by atoms with E-state index in [0.717, 1.165) is 22.4 Å². The Labute approximate surface area is 201 Å². The first-order chi connectivity index (χ1) is 16.0. The number of nitrogens with zero attached hydrogens (tertiary/aromatic N) is 2. The van der Waals surface area contributed by atoms with Crippen LogP contribution < -0.4 is 10.1 Å². The molecule has 0 saturated carbocycles. The van der Waals surface area contributed by atoms with Gasteiger partial charge in [0.2, 0.25) is 0 Å². The minimum absolute atomic E-state index is 0.163. The summed E-state index contributed by atoms with van der Waals surface area (Å²) in [5, 5.41) is 3.61. The van der Waals surface area contributed by atoms with Gasteiger partial charge in [-0.25, -0.2) is 0 Å². The van der Waals surface area contributed by atoms with Crippen molar-refractivity contribution < 1.29 is 9.53 Å². The molecule has 172 valence electrons. The number of rotatable bonds is 7. The van der Waals surface area contributed by atoms with Crippen molar-refractivity contribution in [3.05, 3.63) is 94.3 Å². The molecule has 1 N–H and O–H groups in total. The maximum Gasteiger partial charge on any atom is 0.251 e. The van der Waals surface area contributed by atoms with Gasteiger partial charge in [-0.05, 0) is 49.7 Å². The minimum Gasteiger partial charge on any atom is -0.457 e. The van der Waals surface area contributed by atoms with Crippen molar-refractivity contribution in [1.82, 2.24) is 10.3 Å². The van der Waals surface area contributed by atoms with E-state index in [1.54, 1.807) is 43.7 Å². The van der Waals surface area contributed by atoms with E-state index in [-0.39, 0.29) is 5.91 Å². The van der Waals surface area contributed by atoms with Crippen molar-refractivity contribution in [2.45, 2.75) is 34.2 Å². The normalized spacial score (nSPS) is 11.0. The molecule has 0 aliphatic carbocycles. The van der Waals surface area contributed by atoms with Crippen LogP contribution in [-0.2, 0) is 6.54 Å². The van der Waals surface area contributed by atoms with Gasteiger partial charge in [0.15, 0.2) is 0 Å². The number of ether oxygens (including phenoxy) is 1. The summed E-state index contributed by atoms with van der Waals surface area (Å²) in [6.45, 7) is 8.22. The van der Waals surface area contributed by atoms with Gasteiger partial charge in [-0.1, -0.05) is 49.7 Å². The molecule has 0 atom stereocenters. The highest BCUT2D eigenvalue weighted by atomic mass is 35.5. The number of allylic oxidation sites excluding steroid dienone is 2. The molecule has 0 radical (unpaired) electrons. The van der Waals surface area contributed by atoms with Crippen LogP contribution in [0.2, 0.25) is 5.02 Å². The Kier molecular flexibility index (Phi) is 10.3. The first-order valence-electron chi connectivity index (χ1n) is 10.9. The molecule has 3 aromatic rings. The van der Waals surface area contributed by atoms with Gasteiger partial charge < -0.3 is 10.1 Å². The van der Waals surface area contributed by atoms with E-state index in [9.17, 15) is 4.79 Å². The third kappa shape index (κ3) is 7.29. The fourth-order valence-corrected chi connectivity index (χ4v) is 3.16. The molecule has 6 heteroatoms. The van der Waals surface area contributed by atoms with Crippen molar-refractivity contribution in [2.75, 3.05) is 7.05 Å². The van der Waals surface area contributed by atoms with Crippen LogP contribution in [0.4, 0.5) is 0 Å². The lowest BCUT2D eigenvalue weighted by Crippen LogP contribution is -2.23. The highest BCUT2D eigenvalue weighted by Gasteiger charge is 2.13. The molecule has 0 spiro atoms. The summed E-state index contributed by atoms with van der Waals surface area (Å²) in [4.78, 5) is 21.2. The predicted octanol–water partition coefficient (Wildman–Crippen LogP) is 6.90. The monoisotopic (exact) mass is 463 g/mol. The molecule has 0 saturated heterocycles. The Balaban J connectivity index is 0.00000187. The molecular formula is C27H30ClN3O2. The van der Waals surface area contributed by atoms with Gasteiger partial charge >= 0.3 is 0 Å². The fraction of sp³-hybridized carbons (Fsp3) is 0.222. The molecule has 0 bridgehead atoms. The largest absolute Gasteiger partial charge is 0.457 e. The molecule has 5 nitrogen and oxygen atoms in total. The molecule has 3 rings (SSSR count). The number of halogens is 1. The molecule has 1 aromatic heterocycles. The van der Waals surface area contributed by atoms with Gasteiger partial charge in [0.05, 0.1) is 5.69 Å². The van der Waals surface area contributed by atoms with Crippen molar-refractivity contribution >= 4 is 29.3 Å². The van der Waals surface area contributed by atoms with Crippen molar-refractivity contribution in [3.8, 4) is 11.5 Å². The van der Waals surface area contributed by atoms with Gasteiger partial charge in [0.25, 0.3) is 5.91 Å². The third-order valence-corrected chi connectivity index (χ3v) is 4.98. The van der Waals surface area contributed by atoms with Gasteiger partial charge in [-0.2, -0.15) is 0 Å². The van der Waals surface area contributed by atoms with E-state index in [1.165, 1.54) is 0 Å². The highest BCUT2D eigenvalue weighted by Crippen LogP contribution is 2.28. The van der Waals surface area contributed by atoms with E-state index in [1.807, 2.05) is 64.1 Å². The topological polar surface area (TPSA) is 63.6 Å². The SMILES string of the molecule is C/C=C(\C=NC)c1cc(Oc2cccc(C(=O)NCc3ccc(Cl)cc3)c2C)ccn1.CC. The number of aliphatic imine (C=N–C) groups is 1. The van der Waals surface area contributed by atoms with Crippen molar-refractivity contribution in [3.63, 3.8) is 0 Å². The fourth-order valence-electron chi connectivity index (χ4n) is 3.04. The average Bonchev–Trinajstić information content (AvgIpc) is 2.84. The van der Waals surface area contributed by atoms with Crippen LogP contribution in [0.25, 0.3) is 5.57 Å². The summed E-state index contributed by atoms with van der Waals surface area (Å²) in [7, 11) is 1.72. The van der Waals surface area contributed by atoms with Crippen molar-refractivity contribution in [1.29, 1.82) is 0 Å². The molecule has 1 heterocycles. The zero-order valence-corrected chi connectivity index (χ0v) is 20.5. The predicted molar refractivity (Wildman–Crippen MR) is 138 cm³/mol. The minimum atomic E-state index is -0.163. The zero-order valence-electron chi connectivity index (χ0n) is 19.7. The number of carbonyl (C=O) groups excluding carboxylic acids is 1. The number of benzene rings is 2. The maximum atomic E-state index is 12.7. The van der Waals surface area contributed by atoms with E-state index in [4.69, 9.17) is 16.3 Å². The summed E-state index contributed by atoms with van der Waals surface area (Å²) < 4.78 is 6.08. The Morgan fingerprint density at radius 3 is 2.55 bits per heavy atom. The molecule has 0 aliphatic rings. The number of carbonyl (C=O) groups is 1. The third-order valence-electron chi connectivity index (χ3n) is 4.73. The first kappa shape index (κ1) is 25.8. The second-order valence-electron chi connectivity index (χ2n) is 6.85. The van der Waals surface area contributed by atoms with E-state index in [0.29, 0.717) is 28.6 Å². The van der Waals surface area contributed by atoms with Gasteiger partial charge in [-0.3, -0.25) is 14.8 Å². The Bertz CT molecular complexity index is 1120. The molecule has 1 amide bonds. The summed E-state index contributed by atoms with van der Waals surface area (Å²) in [5.74, 6) is 1.09. The lowest BCUT2D eigenvalue weighted by Gasteiger charge is -2.13. The first-order valence-corrected chi connectivity index (χ1v) is 11.2. The quantitative estimate of drug-likeness (QED) is 0.388. The average molecular weight is 464 g/mol. The molecular weight excluding hydrogens is 434 g/mol. The zero-order chi connectivity index (χ0) is 24.2. The Morgan fingerprint density at radius 1 is 1.15 bits per heavy atom.